The van der Waals surface area contributed by atoms with Crippen LogP contribution in [0.1, 0.15) is 24.3 Å². The van der Waals surface area contributed by atoms with E-state index < -0.39 is 10.9 Å². The van der Waals surface area contributed by atoms with Gasteiger partial charge in [-0.1, -0.05) is 0 Å². The Hall–Kier alpha value is -2.22. The Morgan fingerprint density at radius 3 is 2.70 bits per heavy atom. The number of nitro groups is 1. The number of aromatic nitrogens is 1. The lowest BCUT2D eigenvalue weighted by atomic mass is 10.3. The molecule has 1 aromatic heterocycles. The van der Waals surface area contributed by atoms with E-state index in [1.165, 1.54) is 0 Å². The molecule has 1 rings (SSSR count). The molecule has 0 radical (unpaired) electrons. The minimum Gasteiger partial charge on any atom is -0.477 e. The van der Waals surface area contributed by atoms with Gasteiger partial charge in [0.05, 0.1) is 4.92 Å². The van der Waals surface area contributed by atoms with Crippen LogP contribution in [-0.2, 0) is 0 Å². The molecule has 0 aromatic carbocycles. The van der Waals surface area contributed by atoms with Gasteiger partial charge in [-0.3, -0.25) is 10.1 Å². The molecule has 0 aliphatic rings. The van der Waals surface area contributed by atoms with Gasteiger partial charge in [0.25, 0.3) is 0 Å². The highest BCUT2D eigenvalue weighted by atomic mass is 16.6. The van der Waals surface area contributed by atoms with Crippen LogP contribution in [0.15, 0.2) is 12.1 Å². The van der Waals surface area contributed by atoms with Gasteiger partial charge in [-0.05, 0) is 27.0 Å². The largest absolute Gasteiger partial charge is 0.477 e. The van der Waals surface area contributed by atoms with Crippen molar-refractivity contribution in [3.8, 4) is 0 Å². The lowest BCUT2D eigenvalue weighted by Gasteiger charge is -2.21. The van der Waals surface area contributed by atoms with E-state index in [-0.39, 0.29) is 17.2 Å². The van der Waals surface area contributed by atoms with Gasteiger partial charge in [0, 0.05) is 25.2 Å². The fourth-order valence-corrected chi connectivity index (χ4v) is 1.46. The van der Waals surface area contributed by atoms with Gasteiger partial charge >= 0.3 is 11.7 Å². The van der Waals surface area contributed by atoms with Gasteiger partial charge in [0.1, 0.15) is 0 Å². The standard InChI is InChI=1S/C12H18N4O4/c1-8(2)15(3)7-6-13-11-10(16(19)20)5-4-9(14-11)12(17)18/h4-5,8H,6-7H2,1-3H3,(H,13,14)(H,17,18). The zero-order valence-electron chi connectivity index (χ0n) is 11.7. The Balaban J connectivity index is 2.83. The quantitative estimate of drug-likeness (QED) is 0.575. The van der Waals surface area contributed by atoms with Crippen molar-refractivity contribution >= 4 is 17.5 Å². The third kappa shape index (κ3) is 4.16. The van der Waals surface area contributed by atoms with Crippen LogP contribution in [0.3, 0.4) is 0 Å². The van der Waals surface area contributed by atoms with Crippen molar-refractivity contribution in [2.24, 2.45) is 0 Å². The molecule has 0 aliphatic carbocycles. The number of pyridine rings is 1. The summed E-state index contributed by atoms with van der Waals surface area (Å²) in [5, 5.41) is 22.6. The van der Waals surface area contributed by atoms with Gasteiger partial charge in [0.15, 0.2) is 5.69 Å². The molecule has 0 saturated heterocycles. The molecule has 20 heavy (non-hydrogen) atoms. The minimum atomic E-state index is -1.22. The molecular weight excluding hydrogens is 264 g/mol. The first-order chi connectivity index (χ1) is 9.32. The van der Waals surface area contributed by atoms with E-state index >= 15 is 0 Å². The van der Waals surface area contributed by atoms with Crippen LogP contribution in [0.5, 0.6) is 0 Å². The molecular formula is C12H18N4O4. The Kier molecular flexibility index (Phi) is 5.39. The van der Waals surface area contributed by atoms with Crippen molar-refractivity contribution in [2.45, 2.75) is 19.9 Å². The average Bonchev–Trinajstić information content (AvgIpc) is 2.37. The van der Waals surface area contributed by atoms with Gasteiger partial charge < -0.3 is 15.3 Å². The first-order valence-electron chi connectivity index (χ1n) is 6.15. The van der Waals surface area contributed by atoms with Gasteiger partial charge in [0.2, 0.25) is 5.82 Å². The number of nitrogens with zero attached hydrogens (tertiary/aromatic N) is 3. The van der Waals surface area contributed by atoms with Gasteiger partial charge in [-0.15, -0.1) is 0 Å². The van der Waals surface area contributed by atoms with Crippen LogP contribution in [-0.4, -0.2) is 52.1 Å². The summed E-state index contributed by atoms with van der Waals surface area (Å²) in [7, 11) is 1.93. The molecule has 0 fully saturated rings. The molecule has 8 heteroatoms. The SMILES string of the molecule is CC(C)N(C)CCNc1nc(C(=O)O)ccc1[N+](=O)[O-]. The second kappa shape index (κ2) is 6.80. The maximum Gasteiger partial charge on any atom is 0.354 e. The summed E-state index contributed by atoms with van der Waals surface area (Å²) in [5.74, 6) is -1.24. The molecule has 1 heterocycles. The molecule has 0 saturated carbocycles. The summed E-state index contributed by atoms with van der Waals surface area (Å²) in [5.41, 5.74) is -0.461. The first-order valence-corrected chi connectivity index (χ1v) is 6.15. The number of likely N-dealkylation sites (N-methyl/N-ethyl adjacent to an activating group) is 1. The zero-order valence-corrected chi connectivity index (χ0v) is 11.7. The Morgan fingerprint density at radius 2 is 2.20 bits per heavy atom. The second-order valence-corrected chi connectivity index (χ2v) is 4.63. The molecule has 110 valence electrons. The molecule has 1 aromatic rings. The molecule has 0 bridgehead atoms. The highest BCUT2D eigenvalue weighted by Gasteiger charge is 2.18. The molecule has 0 amide bonds. The monoisotopic (exact) mass is 282 g/mol. The first kappa shape index (κ1) is 15.8. The number of carboxylic acid groups (broad SMARTS) is 1. The maximum atomic E-state index is 10.9. The predicted molar refractivity (Wildman–Crippen MR) is 74.1 cm³/mol. The molecule has 8 nitrogen and oxygen atoms in total. The number of rotatable bonds is 7. The molecule has 0 unspecified atom stereocenters. The topological polar surface area (TPSA) is 109 Å². The highest BCUT2D eigenvalue weighted by molar-refractivity contribution is 5.86. The van der Waals surface area contributed by atoms with Crippen molar-refractivity contribution in [2.75, 3.05) is 25.5 Å². The lowest BCUT2D eigenvalue weighted by Crippen LogP contribution is -2.31. The van der Waals surface area contributed by atoms with Crippen molar-refractivity contribution in [3.05, 3.63) is 27.9 Å². The summed E-state index contributed by atoms with van der Waals surface area (Å²) < 4.78 is 0. The zero-order chi connectivity index (χ0) is 15.3. The molecule has 2 N–H and O–H groups in total. The Morgan fingerprint density at radius 1 is 1.55 bits per heavy atom. The number of aromatic carboxylic acids is 1. The average molecular weight is 282 g/mol. The summed E-state index contributed by atoms with van der Waals surface area (Å²) in [6, 6.07) is 2.61. The highest BCUT2D eigenvalue weighted by Crippen LogP contribution is 2.21. The van der Waals surface area contributed by atoms with Crippen molar-refractivity contribution in [1.82, 2.24) is 9.88 Å². The number of carbonyl (C=O) groups is 1. The van der Waals surface area contributed by atoms with E-state index in [4.69, 9.17) is 5.11 Å². The summed E-state index contributed by atoms with van der Waals surface area (Å²) in [6.07, 6.45) is 0. The predicted octanol–water partition coefficient (Wildman–Crippen LogP) is 1.44. The molecule has 0 atom stereocenters. The number of hydrogen-bond acceptors (Lipinski definition) is 6. The van der Waals surface area contributed by atoms with Gasteiger partial charge in [-0.25, -0.2) is 9.78 Å². The van der Waals surface area contributed by atoms with Crippen molar-refractivity contribution < 1.29 is 14.8 Å². The number of anilines is 1. The smallest absolute Gasteiger partial charge is 0.354 e. The number of nitrogens with one attached hydrogen (secondary N) is 1. The third-order valence-corrected chi connectivity index (χ3v) is 2.93. The number of carboxylic acids is 1. The fraction of sp³-hybridized carbons (Fsp3) is 0.500. The van der Waals surface area contributed by atoms with E-state index in [0.717, 1.165) is 12.1 Å². The second-order valence-electron chi connectivity index (χ2n) is 4.63. The lowest BCUT2D eigenvalue weighted by molar-refractivity contribution is -0.384. The Bertz CT molecular complexity index is 504. The van der Waals surface area contributed by atoms with E-state index in [1.54, 1.807) is 0 Å². The maximum absolute atomic E-state index is 10.9. The number of hydrogen-bond donors (Lipinski definition) is 2. The third-order valence-electron chi connectivity index (χ3n) is 2.93. The summed E-state index contributed by atoms with van der Waals surface area (Å²) >= 11 is 0. The minimum absolute atomic E-state index is 0.0212. The van der Waals surface area contributed by atoms with E-state index in [1.807, 2.05) is 20.9 Å². The van der Waals surface area contributed by atoms with Crippen LogP contribution in [0.4, 0.5) is 11.5 Å². The molecule has 0 aliphatic heterocycles. The van der Waals surface area contributed by atoms with Gasteiger partial charge in [-0.2, -0.15) is 0 Å². The molecule has 0 spiro atoms. The summed E-state index contributed by atoms with van der Waals surface area (Å²) in [6.45, 7) is 5.16. The van der Waals surface area contributed by atoms with Crippen LogP contribution in [0.25, 0.3) is 0 Å². The summed E-state index contributed by atoms with van der Waals surface area (Å²) in [4.78, 5) is 26.9. The van der Waals surface area contributed by atoms with Crippen LogP contribution in [0.2, 0.25) is 0 Å². The fourth-order valence-electron chi connectivity index (χ4n) is 1.46. The van der Waals surface area contributed by atoms with Crippen LogP contribution >= 0.6 is 0 Å². The van der Waals surface area contributed by atoms with E-state index in [2.05, 4.69) is 15.2 Å². The van der Waals surface area contributed by atoms with E-state index in [9.17, 15) is 14.9 Å². The van der Waals surface area contributed by atoms with E-state index in [0.29, 0.717) is 19.1 Å². The Labute approximate surface area is 116 Å². The van der Waals surface area contributed by atoms with Crippen LogP contribution < -0.4 is 5.32 Å². The van der Waals surface area contributed by atoms with Crippen LogP contribution in [0, 0.1) is 10.1 Å². The normalized spacial score (nSPS) is 10.8. The van der Waals surface area contributed by atoms with Crippen molar-refractivity contribution in [1.29, 1.82) is 0 Å². The van der Waals surface area contributed by atoms with Crippen molar-refractivity contribution in [3.63, 3.8) is 0 Å².